The zero-order valence-electron chi connectivity index (χ0n) is 5.28. The van der Waals surface area contributed by atoms with Gasteiger partial charge in [0.15, 0.2) is 0 Å². The largest absolute Gasteiger partial charge is 0.480 e. The molecule has 0 radical (unpaired) electrons. The molecule has 4 nitrogen and oxygen atoms in total. The molecule has 1 N–H and O–H groups in total. The summed E-state index contributed by atoms with van der Waals surface area (Å²) in [6.07, 6.45) is 3.02. The van der Waals surface area contributed by atoms with E-state index >= 15 is 0 Å². The Kier molecular flexibility index (Phi) is 1.71. The van der Waals surface area contributed by atoms with Crippen LogP contribution < -0.4 is 0 Å². The van der Waals surface area contributed by atoms with Gasteiger partial charge in [-0.15, -0.1) is 0 Å². The van der Waals surface area contributed by atoms with E-state index < -0.39 is 5.97 Å². The van der Waals surface area contributed by atoms with Crippen molar-refractivity contribution >= 4 is 11.9 Å². The third-order valence-electron chi connectivity index (χ3n) is 1.22. The van der Waals surface area contributed by atoms with Gasteiger partial charge in [-0.3, -0.25) is 9.59 Å². The van der Waals surface area contributed by atoms with Crippen molar-refractivity contribution in [3.8, 4) is 0 Å². The van der Waals surface area contributed by atoms with E-state index in [1.54, 1.807) is 6.08 Å². The van der Waals surface area contributed by atoms with E-state index in [1.165, 1.54) is 11.0 Å². The second-order valence-electron chi connectivity index (χ2n) is 2.01. The van der Waals surface area contributed by atoms with Crippen LogP contribution in [0.2, 0.25) is 0 Å². The van der Waals surface area contributed by atoms with Crippen LogP contribution in [0.25, 0.3) is 0 Å². The smallest absolute Gasteiger partial charge is 0.323 e. The number of hydrogen-bond donors (Lipinski definition) is 1. The first kappa shape index (κ1) is 6.80. The van der Waals surface area contributed by atoms with Crippen molar-refractivity contribution < 1.29 is 14.7 Å². The third-order valence-corrected chi connectivity index (χ3v) is 1.22. The summed E-state index contributed by atoms with van der Waals surface area (Å²) in [6.45, 7) is 0.219. The lowest BCUT2D eigenvalue weighted by molar-refractivity contribution is -0.141. The third kappa shape index (κ3) is 1.34. The molecule has 0 saturated heterocycles. The van der Waals surface area contributed by atoms with Gasteiger partial charge >= 0.3 is 5.97 Å². The van der Waals surface area contributed by atoms with Gasteiger partial charge in [0.25, 0.3) is 0 Å². The molecule has 54 valence electrons. The van der Waals surface area contributed by atoms with Crippen LogP contribution in [-0.4, -0.2) is 35.0 Å². The van der Waals surface area contributed by atoms with Crippen LogP contribution in [0, 0.1) is 0 Å². The van der Waals surface area contributed by atoms with Crippen LogP contribution in [0.3, 0.4) is 0 Å². The summed E-state index contributed by atoms with van der Waals surface area (Å²) in [7, 11) is 0. The van der Waals surface area contributed by atoms with E-state index in [1.807, 2.05) is 0 Å². The number of hydrogen-bond acceptors (Lipinski definition) is 2. The van der Waals surface area contributed by atoms with Crippen LogP contribution in [0.5, 0.6) is 0 Å². The van der Waals surface area contributed by atoms with E-state index in [9.17, 15) is 9.59 Å². The topological polar surface area (TPSA) is 57.6 Å². The summed E-state index contributed by atoms with van der Waals surface area (Å²) in [5.74, 6) is -1.19. The minimum Gasteiger partial charge on any atom is -0.480 e. The normalized spacial score (nSPS) is 16.4. The van der Waals surface area contributed by atoms with Crippen LogP contribution in [0.15, 0.2) is 12.2 Å². The molecule has 1 amide bonds. The summed E-state index contributed by atoms with van der Waals surface area (Å²) in [5, 5.41) is 8.27. The molecule has 0 spiro atoms. The van der Waals surface area contributed by atoms with Gasteiger partial charge in [-0.05, 0) is 0 Å². The number of carboxylic acids is 1. The zero-order valence-corrected chi connectivity index (χ0v) is 5.28. The van der Waals surface area contributed by atoms with Crippen molar-refractivity contribution in [3.63, 3.8) is 0 Å². The number of carbonyl (C=O) groups is 2. The Bertz CT molecular complexity index is 197. The minimum atomic E-state index is -0.975. The fourth-order valence-electron chi connectivity index (χ4n) is 0.782. The van der Waals surface area contributed by atoms with Gasteiger partial charge in [0.1, 0.15) is 6.54 Å². The molecule has 1 aliphatic heterocycles. The van der Waals surface area contributed by atoms with Crippen LogP contribution in [0.4, 0.5) is 0 Å². The van der Waals surface area contributed by atoms with Crippen LogP contribution in [0.1, 0.15) is 0 Å². The van der Waals surface area contributed by atoms with Crippen molar-refractivity contribution in [1.82, 2.24) is 4.90 Å². The molecule has 1 heterocycles. The predicted octanol–water partition coefficient (Wildman–Crippen LogP) is -0.531. The minimum absolute atomic E-state index is 0.203. The average molecular weight is 141 g/mol. The van der Waals surface area contributed by atoms with Gasteiger partial charge in [-0.2, -0.15) is 0 Å². The van der Waals surface area contributed by atoms with Crippen molar-refractivity contribution in [2.75, 3.05) is 13.1 Å². The van der Waals surface area contributed by atoms with Crippen molar-refractivity contribution in [2.24, 2.45) is 0 Å². The quantitative estimate of drug-likeness (QED) is 0.562. The Labute approximate surface area is 57.7 Å². The lowest BCUT2D eigenvalue weighted by Crippen LogP contribution is -2.30. The highest BCUT2D eigenvalue weighted by Crippen LogP contribution is 1.99. The van der Waals surface area contributed by atoms with Crippen molar-refractivity contribution in [3.05, 3.63) is 12.2 Å². The Morgan fingerprint density at radius 3 is 2.90 bits per heavy atom. The molecule has 10 heavy (non-hydrogen) atoms. The standard InChI is InChI=1S/C6H7NO3/c8-5-2-1-3-7(5)4-6(9)10/h1-2H,3-4H2,(H,9,10). The van der Waals surface area contributed by atoms with Gasteiger partial charge in [0.05, 0.1) is 0 Å². The average Bonchev–Trinajstić information content (AvgIpc) is 2.15. The number of carbonyl (C=O) groups excluding carboxylic acids is 1. The van der Waals surface area contributed by atoms with E-state index in [0.29, 0.717) is 6.54 Å². The molecule has 0 aromatic carbocycles. The maximum Gasteiger partial charge on any atom is 0.323 e. The van der Waals surface area contributed by atoms with Crippen LogP contribution in [-0.2, 0) is 9.59 Å². The predicted molar refractivity (Wildman–Crippen MR) is 33.4 cm³/mol. The van der Waals surface area contributed by atoms with E-state index in [2.05, 4.69) is 0 Å². The fraction of sp³-hybridized carbons (Fsp3) is 0.333. The van der Waals surface area contributed by atoms with E-state index in [0.717, 1.165) is 0 Å². The Balaban J connectivity index is 2.45. The summed E-state index contributed by atoms with van der Waals surface area (Å²) >= 11 is 0. The lowest BCUT2D eigenvalue weighted by Gasteiger charge is -2.10. The molecule has 4 heteroatoms. The first-order chi connectivity index (χ1) is 4.70. The summed E-state index contributed by atoms with van der Waals surface area (Å²) < 4.78 is 0. The zero-order chi connectivity index (χ0) is 7.56. The maximum atomic E-state index is 10.7. The Morgan fingerprint density at radius 2 is 2.50 bits per heavy atom. The summed E-state index contributed by atoms with van der Waals surface area (Å²) in [5.41, 5.74) is 0. The number of carboxylic acid groups (broad SMARTS) is 1. The first-order valence-electron chi connectivity index (χ1n) is 2.87. The van der Waals surface area contributed by atoms with Crippen molar-refractivity contribution in [1.29, 1.82) is 0 Å². The SMILES string of the molecule is O=C(O)CN1CC=CC1=O. The van der Waals surface area contributed by atoms with E-state index in [4.69, 9.17) is 5.11 Å². The molecular weight excluding hydrogens is 134 g/mol. The Morgan fingerprint density at radius 1 is 1.80 bits per heavy atom. The molecule has 1 rings (SSSR count). The number of rotatable bonds is 2. The summed E-state index contributed by atoms with van der Waals surface area (Å²) in [6, 6.07) is 0. The molecule has 0 atom stereocenters. The highest BCUT2D eigenvalue weighted by Gasteiger charge is 2.16. The molecule has 0 saturated carbocycles. The number of amides is 1. The second-order valence-corrected chi connectivity index (χ2v) is 2.01. The van der Waals surface area contributed by atoms with Gasteiger partial charge in [0, 0.05) is 12.6 Å². The molecule has 0 aromatic rings. The van der Waals surface area contributed by atoms with Crippen molar-refractivity contribution in [2.45, 2.75) is 0 Å². The van der Waals surface area contributed by atoms with Gasteiger partial charge in [-0.1, -0.05) is 6.08 Å². The van der Waals surface area contributed by atoms with Gasteiger partial charge in [0.2, 0.25) is 5.91 Å². The van der Waals surface area contributed by atoms with Gasteiger partial charge in [-0.25, -0.2) is 0 Å². The highest BCUT2D eigenvalue weighted by atomic mass is 16.4. The summed E-state index contributed by atoms with van der Waals surface area (Å²) in [4.78, 5) is 22.0. The molecule has 1 aliphatic rings. The molecule has 0 unspecified atom stereocenters. The molecular formula is C6H7NO3. The van der Waals surface area contributed by atoms with Gasteiger partial charge < -0.3 is 10.0 Å². The maximum absolute atomic E-state index is 10.7. The lowest BCUT2D eigenvalue weighted by atomic mass is 10.5. The monoisotopic (exact) mass is 141 g/mol. The first-order valence-corrected chi connectivity index (χ1v) is 2.87. The number of nitrogens with zero attached hydrogens (tertiary/aromatic N) is 1. The molecule has 0 aliphatic carbocycles. The number of aliphatic carboxylic acids is 1. The Hall–Kier alpha value is -1.32. The van der Waals surface area contributed by atoms with E-state index in [-0.39, 0.29) is 12.5 Å². The second kappa shape index (κ2) is 2.51. The molecule has 0 fully saturated rings. The van der Waals surface area contributed by atoms with Crippen LogP contribution >= 0.6 is 0 Å². The fourth-order valence-corrected chi connectivity index (χ4v) is 0.782. The molecule has 0 bridgehead atoms. The molecule has 0 aromatic heterocycles. The highest BCUT2D eigenvalue weighted by molar-refractivity contribution is 5.92.